The van der Waals surface area contributed by atoms with Gasteiger partial charge < -0.3 is 25.9 Å². The van der Waals surface area contributed by atoms with Crippen LogP contribution in [-0.2, 0) is 14.3 Å². The third-order valence-electron chi connectivity index (χ3n) is 7.31. The number of hydrogen-bond acceptors (Lipinski definition) is 8. The lowest BCUT2D eigenvalue weighted by molar-refractivity contribution is -0.151. The summed E-state index contributed by atoms with van der Waals surface area (Å²) in [7, 11) is 1.57. The van der Waals surface area contributed by atoms with Crippen LogP contribution in [-0.4, -0.2) is 62.2 Å². The molecule has 1 fully saturated rings. The van der Waals surface area contributed by atoms with E-state index in [1.165, 1.54) is 11.4 Å². The normalized spacial score (nSPS) is 19.6. The van der Waals surface area contributed by atoms with Gasteiger partial charge in [0.1, 0.15) is 11.4 Å². The van der Waals surface area contributed by atoms with Gasteiger partial charge in [-0.2, -0.15) is 9.61 Å². The lowest BCUT2D eigenvalue weighted by Gasteiger charge is -2.37. The van der Waals surface area contributed by atoms with Gasteiger partial charge in [0, 0.05) is 36.5 Å². The number of nitrogens with two attached hydrogens (primary N) is 2. The maximum Gasteiger partial charge on any atom is 0.249 e. The zero-order valence-electron chi connectivity index (χ0n) is 21.4. The number of nitrogens with zero attached hydrogens (tertiary/aromatic N) is 4. The number of rotatable bonds is 9. The SMILES string of the molecule is COCCOC1(C(N)=O)CCC(c2nc3c(-c4ccc(-c5ccc[nH]5)nc4)cnn3c(N)c2C(C)=O)CC1. The van der Waals surface area contributed by atoms with Crippen molar-refractivity contribution in [3.8, 4) is 22.5 Å². The number of amides is 1. The Bertz CT molecular complexity index is 1450. The molecule has 1 aliphatic rings. The minimum absolute atomic E-state index is 0.101. The summed E-state index contributed by atoms with van der Waals surface area (Å²) in [5.74, 6) is -0.544. The number of fused-ring (bicyclic) bond motifs is 1. The molecule has 198 valence electrons. The standard InChI is InChI=1S/C27H31N7O4/c1-16(35)22-23(17-7-9-27(10-8-17,26(29)36)38-13-12-37-2)33-25-19(15-32-34(25)24(22)28)18-5-6-21(31-14-18)20-4-3-11-30-20/h3-6,11,14-15,17,30H,7-10,12-13,28H2,1-2H3,(H2,29,36). The van der Waals surface area contributed by atoms with E-state index in [0.29, 0.717) is 49.2 Å². The number of nitrogens with one attached hydrogen (secondary N) is 1. The van der Waals surface area contributed by atoms with Gasteiger partial charge in [-0.1, -0.05) is 6.07 Å². The Morgan fingerprint density at radius 3 is 2.58 bits per heavy atom. The number of nitrogen functional groups attached to an aromatic ring is 1. The number of anilines is 1. The van der Waals surface area contributed by atoms with Crippen molar-refractivity contribution >= 4 is 23.2 Å². The highest BCUT2D eigenvalue weighted by atomic mass is 16.5. The van der Waals surface area contributed by atoms with Crippen LogP contribution in [0.3, 0.4) is 0 Å². The van der Waals surface area contributed by atoms with Crippen molar-refractivity contribution in [2.45, 2.75) is 44.1 Å². The largest absolute Gasteiger partial charge is 0.383 e. The number of Topliss-reactive ketones (excluding diaryl/α,β-unsaturated/α-hetero) is 1. The maximum absolute atomic E-state index is 12.7. The fourth-order valence-electron chi connectivity index (χ4n) is 5.23. The van der Waals surface area contributed by atoms with E-state index in [4.69, 9.17) is 25.9 Å². The molecular weight excluding hydrogens is 486 g/mol. The third-order valence-corrected chi connectivity index (χ3v) is 7.31. The van der Waals surface area contributed by atoms with Crippen LogP contribution in [0.5, 0.6) is 0 Å². The number of pyridine rings is 1. The zero-order chi connectivity index (χ0) is 26.9. The van der Waals surface area contributed by atoms with Crippen LogP contribution in [0.25, 0.3) is 28.2 Å². The molecule has 0 aliphatic heterocycles. The Morgan fingerprint density at radius 1 is 1.18 bits per heavy atom. The van der Waals surface area contributed by atoms with Gasteiger partial charge in [-0.15, -0.1) is 0 Å². The van der Waals surface area contributed by atoms with Crippen LogP contribution in [0.15, 0.2) is 42.9 Å². The molecule has 0 spiro atoms. The molecule has 4 heterocycles. The van der Waals surface area contributed by atoms with Crippen molar-refractivity contribution in [3.63, 3.8) is 0 Å². The predicted molar refractivity (Wildman–Crippen MR) is 141 cm³/mol. The number of ether oxygens (including phenoxy) is 2. The van der Waals surface area contributed by atoms with Crippen molar-refractivity contribution < 1.29 is 19.1 Å². The smallest absolute Gasteiger partial charge is 0.249 e. The Balaban J connectivity index is 1.50. The molecule has 0 atom stereocenters. The average Bonchev–Trinajstić information content (AvgIpc) is 3.60. The molecule has 0 unspecified atom stereocenters. The van der Waals surface area contributed by atoms with Crippen LogP contribution >= 0.6 is 0 Å². The highest BCUT2D eigenvalue weighted by molar-refractivity contribution is 6.00. The molecule has 0 saturated heterocycles. The number of aromatic nitrogens is 5. The summed E-state index contributed by atoms with van der Waals surface area (Å²) in [6, 6.07) is 7.75. The fraction of sp³-hybridized carbons (Fsp3) is 0.370. The van der Waals surface area contributed by atoms with E-state index in [1.807, 2.05) is 30.5 Å². The molecule has 0 aromatic carbocycles. The number of H-pyrrole nitrogens is 1. The minimum atomic E-state index is -1.06. The van der Waals surface area contributed by atoms with E-state index >= 15 is 0 Å². The summed E-state index contributed by atoms with van der Waals surface area (Å²) < 4.78 is 12.4. The predicted octanol–water partition coefficient (Wildman–Crippen LogP) is 3.12. The molecule has 1 amide bonds. The van der Waals surface area contributed by atoms with Crippen LogP contribution in [0.1, 0.15) is 54.6 Å². The van der Waals surface area contributed by atoms with Crippen molar-refractivity contribution in [3.05, 3.63) is 54.1 Å². The van der Waals surface area contributed by atoms with E-state index < -0.39 is 11.5 Å². The van der Waals surface area contributed by atoms with E-state index in [-0.39, 0.29) is 24.1 Å². The Hall–Kier alpha value is -4.09. The molecule has 5 rings (SSSR count). The van der Waals surface area contributed by atoms with Crippen molar-refractivity contribution in [2.24, 2.45) is 5.73 Å². The summed E-state index contributed by atoms with van der Waals surface area (Å²) in [5.41, 5.74) is 16.0. The van der Waals surface area contributed by atoms with E-state index in [2.05, 4.69) is 15.1 Å². The first-order chi connectivity index (χ1) is 18.3. The number of carbonyl (C=O) groups is 2. The highest BCUT2D eigenvalue weighted by Gasteiger charge is 2.43. The topological polar surface area (TPSA) is 164 Å². The van der Waals surface area contributed by atoms with Crippen molar-refractivity contribution in [1.82, 2.24) is 24.6 Å². The van der Waals surface area contributed by atoms with Crippen LogP contribution < -0.4 is 11.5 Å². The van der Waals surface area contributed by atoms with Crippen LogP contribution in [0.2, 0.25) is 0 Å². The maximum atomic E-state index is 12.7. The molecule has 0 radical (unpaired) electrons. The number of carbonyl (C=O) groups excluding carboxylic acids is 2. The van der Waals surface area contributed by atoms with Gasteiger partial charge >= 0.3 is 0 Å². The average molecular weight is 518 g/mol. The quantitative estimate of drug-likeness (QED) is 0.225. The van der Waals surface area contributed by atoms with Gasteiger partial charge in [-0.05, 0) is 50.8 Å². The Labute approximate surface area is 219 Å². The van der Waals surface area contributed by atoms with E-state index in [1.54, 1.807) is 19.5 Å². The summed E-state index contributed by atoms with van der Waals surface area (Å²) in [6.07, 6.45) is 7.25. The zero-order valence-corrected chi connectivity index (χ0v) is 21.4. The number of hydrogen-bond donors (Lipinski definition) is 3. The molecule has 4 aromatic rings. The molecule has 1 saturated carbocycles. The van der Waals surface area contributed by atoms with Gasteiger partial charge in [0.15, 0.2) is 11.4 Å². The summed E-state index contributed by atoms with van der Waals surface area (Å²) in [4.78, 5) is 37.7. The Kier molecular flexibility index (Phi) is 6.96. The fourth-order valence-corrected chi connectivity index (χ4v) is 5.23. The first kappa shape index (κ1) is 25.6. The summed E-state index contributed by atoms with van der Waals surface area (Å²) in [6.45, 7) is 2.11. The van der Waals surface area contributed by atoms with Crippen molar-refractivity contribution in [2.75, 3.05) is 26.1 Å². The Morgan fingerprint density at radius 2 is 1.97 bits per heavy atom. The van der Waals surface area contributed by atoms with Crippen molar-refractivity contribution in [1.29, 1.82) is 0 Å². The molecule has 0 bridgehead atoms. The highest BCUT2D eigenvalue weighted by Crippen LogP contribution is 2.42. The monoisotopic (exact) mass is 517 g/mol. The molecular formula is C27H31N7O4. The van der Waals surface area contributed by atoms with E-state index in [0.717, 1.165) is 22.5 Å². The van der Waals surface area contributed by atoms with E-state index in [9.17, 15) is 9.59 Å². The molecule has 1 aliphatic carbocycles. The van der Waals surface area contributed by atoms with Gasteiger partial charge in [-0.25, -0.2) is 4.98 Å². The van der Waals surface area contributed by atoms with Gasteiger partial charge in [0.2, 0.25) is 5.91 Å². The van der Waals surface area contributed by atoms with Crippen LogP contribution in [0.4, 0.5) is 5.82 Å². The van der Waals surface area contributed by atoms with Gasteiger partial charge in [0.25, 0.3) is 0 Å². The molecule has 11 nitrogen and oxygen atoms in total. The number of methoxy groups -OCH3 is 1. The molecule has 11 heteroatoms. The number of primary amides is 1. The second-order valence-corrected chi connectivity index (χ2v) is 9.60. The van der Waals surface area contributed by atoms with Crippen LogP contribution in [0, 0.1) is 0 Å². The number of aromatic amines is 1. The second-order valence-electron chi connectivity index (χ2n) is 9.60. The lowest BCUT2D eigenvalue weighted by atomic mass is 9.76. The molecule has 38 heavy (non-hydrogen) atoms. The van der Waals surface area contributed by atoms with Gasteiger partial charge in [-0.3, -0.25) is 14.6 Å². The second kappa shape index (κ2) is 10.3. The van der Waals surface area contributed by atoms with Gasteiger partial charge in [0.05, 0.1) is 42.1 Å². The first-order valence-electron chi connectivity index (χ1n) is 12.6. The third kappa shape index (κ3) is 4.54. The summed E-state index contributed by atoms with van der Waals surface area (Å²) >= 11 is 0. The molecule has 4 aromatic heterocycles. The first-order valence-corrected chi connectivity index (χ1v) is 12.6. The lowest BCUT2D eigenvalue weighted by Crippen LogP contribution is -2.49. The summed E-state index contributed by atoms with van der Waals surface area (Å²) in [5, 5.41) is 4.43. The molecule has 5 N–H and O–H groups in total. The number of ketones is 1. The minimum Gasteiger partial charge on any atom is -0.383 e.